The van der Waals surface area contributed by atoms with E-state index in [0.29, 0.717) is 0 Å². The minimum atomic E-state index is 0.172. The first kappa shape index (κ1) is 11.7. The summed E-state index contributed by atoms with van der Waals surface area (Å²) in [5.74, 6) is 1.58. The van der Waals surface area contributed by atoms with Gasteiger partial charge in [0.2, 0.25) is 0 Å². The molecule has 0 heterocycles. The van der Waals surface area contributed by atoms with Gasteiger partial charge in [-0.3, -0.25) is 0 Å². The van der Waals surface area contributed by atoms with Crippen molar-refractivity contribution in [3.63, 3.8) is 0 Å². The molecule has 0 bridgehead atoms. The van der Waals surface area contributed by atoms with Crippen molar-refractivity contribution in [2.45, 2.75) is 38.6 Å². The molecule has 2 nitrogen and oxygen atoms in total. The Kier molecular flexibility index (Phi) is 4.14. The Hall–Kier alpha value is -0.340. The minimum absolute atomic E-state index is 0.172. The molecule has 0 aromatic carbocycles. The van der Waals surface area contributed by atoms with Gasteiger partial charge < -0.3 is 11.1 Å². The Balaban J connectivity index is 2.61. The molecule has 2 unspecified atom stereocenters. The Bertz CT molecular complexity index is 179. The molecule has 0 spiro atoms. The summed E-state index contributed by atoms with van der Waals surface area (Å²) in [6, 6.07) is 0. The number of nitrogens with one attached hydrogen (secondary N) is 1. The van der Waals surface area contributed by atoms with Gasteiger partial charge in [-0.25, -0.2) is 0 Å². The predicted molar refractivity (Wildman–Crippen MR) is 62.2 cm³/mol. The van der Waals surface area contributed by atoms with E-state index in [1.807, 2.05) is 6.08 Å². The van der Waals surface area contributed by atoms with Crippen LogP contribution in [0.4, 0.5) is 0 Å². The summed E-state index contributed by atoms with van der Waals surface area (Å²) in [6.07, 6.45) is 5.68. The fourth-order valence-corrected chi connectivity index (χ4v) is 2.94. The number of hydrogen-bond acceptors (Lipinski definition) is 2. The van der Waals surface area contributed by atoms with E-state index in [2.05, 4.69) is 25.7 Å². The van der Waals surface area contributed by atoms with Crippen molar-refractivity contribution in [2.75, 3.05) is 13.1 Å². The third-order valence-corrected chi connectivity index (χ3v) is 3.30. The Morgan fingerprint density at radius 1 is 1.43 bits per heavy atom. The Labute approximate surface area is 87.9 Å². The number of hydrogen-bond donors (Lipinski definition) is 2. The lowest BCUT2D eigenvalue weighted by atomic mass is 9.71. The third kappa shape index (κ3) is 2.82. The number of nitrogens with two attached hydrogens (primary N) is 1. The van der Waals surface area contributed by atoms with E-state index in [-0.39, 0.29) is 5.54 Å². The summed E-state index contributed by atoms with van der Waals surface area (Å²) in [5, 5.41) is 3.55. The highest BCUT2D eigenvalue weighted by Crippen LogP contribution is 2.35. The van der Waals surface area contributed by atoms with Gasteiger partial charge in [-0.15, -0.1) is 6.58 Å². The first-order chi connectivity index (χ1) is 6.62. The average molecular weight is 196 g/mol. The van der Waals surface area contributed by atoms with E-state index in [1.54, 1.807) is 0 Å². The van der Waals surface area contributed by atoms with E-state index >= 15 is 0 Å². The van der Waals surface area contributed by atoms with Gasteiger partial charge in [-0.05, 0) is 31.1 Å². The lowest BCUT2D eigenvalue weighted by Crippen LogP contribution is -2.55. The van der Waals surface area contributed by atoms with Crippen molar-refractivity contribution >= 4 is 0 Å². The monoisotopic (exact) mass is 196 g/mol. The standard InChI is InChI=1S/C12H24N2/c1-4-5-14-12(9-13)7-10(2)6-11(3)8-12/h4,10-11,14H,1,5-9,13H2,2-3H3. The fraction of sp³-hybridized carbons (Fsp3) is 0.833. The molecule has 0 aliphatic heterocycles. The molecule has 14 heavy (non-hydrogen) atoms. The molecule has 1 aliphatic carbocycles. The van der Waals surface area contributed by atoms with Crippen LogP contribution in [0.25, 0.3) is 0 Å². The molecule has 0 radical (unpaired) electrons. The summed E-state index contributed by atoms with van der Waals surface area (Å²) >= 11 is 0. The van der Waals surface area contributed by atoms with E-state index < -0.39 is 0 Å². The molecule has 0 amide bonds. The van der Waals surface area contributed by atoms with Gasteiger partial charge in [0, 0.05) is 18.6 Å². The topological polar surface area (TPSA) is 38.0 Å². The highest BCUT2D eigenvalue weighted by atomic mass is 15.0. The molecule has 82 valence electrons. The van der Waals surface area contributed by atoms with Gasteiger partial charge in [0.05, 0.1) is 0 Å². The lowest BCUT2D eigenvalue weighted by Gasteiger charge is -2.43. The first-order valence-corrected chi connectivity index (χ1v) is 5.68. The molecule has 0 aromatic rings. The second-order valence-corrected chi connectivity index (χ2v) is 5.01. The van der Waals surface area contributed by atoms with Crippen LogP contribution in [0.3, 0.4) is 0 Å². The molecule has 3 N–H and O–H groups in total. The summed E-state index contributed by atoms with van der Waals surface area (Å²) < 4.78 is 0. The van der Waals surface area contributed by atoms with Crippen LogP contribution in [-0.4, -0.2) is 18.6 Å². The Morgan fingerprint density at radius 3 is 2.43 bits per heavy atom. The van der Waals surface area contributed by atoms with Crippen LogP contribution in [0, 0.1) is 11.8 Å². The smallest absolute Gasteiger partial charge is 0.0311 e. The van der Waals surface area contributed by atoms with E-state index in [4.69, 9.17) is 5.73 Å². The zero-order chi connectivity index (χ0) is 10.6. The summed E-state index contributed by atoms with van der Waals surface area (Å²) in [4.78, 5) is 0. The van der Waals surface area contributed by atoms with Crippen molar-refractivity contribution in [1.82, 2.24) is 5.32 Å². The van der Waals surface area contributed by atoms with E-state index in [9.17, 15) is 0 Å². The molecule has 0 saturated heterocycles. The summed E-state index contributed by atoms with van der Waals surface area (Å²) in [6.45, 7) is 10.0. The average Bonchev–Trinajstić information content (AvgIpc) is 2.13. The molecule has 0 aromatic heterocycles. The second-order valence-electron chi connectivity index (χ2n) is 5.01. The summed E-state index contributed by atoms with van der Waals surface area (Å²) in [7, 11) is 0. The van der Waals surface area contributed by atoms with Crippen molar-refractivity contribution in [3.8, 4) is 0 Å². The van der Waals surface area contributed by atoms with E-state index in [1.165, 1.54) is 19.3 Å². The number of rotatable bonds is 4. The largest absolute Gasteiger partial charge is 0.329 e. The zero-order valence-electron chi connectivity index (χ0n) is 9.55. The molecular weight excluding hydrogens is 172 g/mol. The van der Waals surface area contributed by atoms with Crippen molar-refractivity contribution in [3.05, 3.63) is 12.7 Å². The minimum Gasteiger partial charge on any atom is -0.329 e. The van der Waals surface area contributed by atoms with Crippen LogP contribution in [0.15, 0.2) is 12.7 Å². The van der Waals surface area contributed by atoms with Crippen LogP contribution in [0.2, 0.25) is 0 Å². The third-order valence-electron chi connectivity index (χ3n) is 3.30. The quantitative estimate of drug-likeness (QED) is 0.674. The zero-order valence-corrected chi connectivity index (χ0v) is 9.55. The van der Waals surface area contributed by atoms with Gasteiger partial charge in [-0.2, -0.15) is 0 Å². The molecule has 1 fully saturated rings. The maximum absolute atomic E-state index is 5.91. The first-order valence-electron chi connectivity index (χ1n) is 5.68. The fourth-order valence-electron chi connectivity index (χ4n) is 2.94. The van der Waals surface area contributed by atoms with Crippen LogP contribution < -0.4 is 11.1 Å². The molecular formula is C12H24N2. The molecule has 2 heteroatoms. The maximum Gasteiger partial charge on any atom is 0.0311 e. The van der Waals surface area contributed by atoms with Gasteiger partial charge in [-0.1, -0.05) is 19.9 Å². The molecule has 2 atom stereocenters. The van der Waals surface area contributed by atoms with Crippen molar-refractivity contribution in [1.29, 1.82) is 0 Å². The normalized spacial score (nSPS) is 38.2. The van der Waals surface area contributed by atoms with Gasteiger partial charge in [0.15, 0.2) is 0 Å². The van der Waals surface area contributed by atoms with Gasteiger partial charge in [0.25, 0.3) is 0 Å². The molecule has 1 saturated carbocycles. The van der Waals surface area contributed by atoms with Gasteiger partial charge in [0.1, 0.15) is 0 Å². The van der Waals surface area contributed by atoms with Crippen LogP contribution in [-0.2, 0) is 0 Å². The van der Waals surface area contributed by atoms with Crippen molar-refractivity contribution < 1.29 is 0 Å². The molecule has 1 aliphatic rings. The highest BCUT2D eigenvalue weighted by molar-refractivity contribution is 4.97. The van der Waals surface area contributed by atoms with Crippen LogP contribution in [0.1, 0.15) is 33.1 Å². The molecule has 1 rings (SSSR count). The van der Waals surface area contributed by atoms with Crippen LogP contribution >= 0.6 is 0 Å². The van der Waals surface area contributed by atoms with Gasteiger partial charge >= 0.3 is 0 Å². The Morgan fingerprint density at radius 2 is 2.00 bits per heavy atom. The predicted octanol–water partition coefficient (Wildman–Crippen LogP) is 1.92. The van der Waals surface area contributed by atoms with Crippen molar-refractivity contribution in [2.24, 2.45) is 17.6 Å². The summed E-state index contributed by atoms with van der Waals surface area (Å²) in [5.41, 5.74) is 6.08. The SMILES string of the molecule is C=CCNC1(CN)CC(C)CC(C)C1. The second kappa shape index (κ2) is 4.94. The highest BCUT2D eigenvalue weighted by Gasteiger charge is 2.35. The van der Waals surface area contributed by atoms with E-state index in [0.717, 1.165) is 24.9 Å². The lowest BCUT2D eigenvalue weighted by molar-refractivity contribution is 0.154. The maximum atomic E-state index is 5.91. The van der Waals surface area contributed by atoms with Crippen LogP contribution in [0.5, 0.6) is 0 Å².